The van der Waals surface area contributed by atoms with Gasteiger partial charge in [-0.2, -0.15) is 0 Å². The summed E-state index contributed by atoms with van der Waals surface area (Å²) in [6.45, 7) is 6.65. The van der Waals surface area contributed by atoms with Crippen LogP contribution in [0.3, 0.4) is 0 Å². The van der Waals surface area contributed by atoms with Crippen LogP contribution >= 0.6 is 0 Å². The minimum Gasteiger partial charge on any atom is -0.493 e. The molecule has 0 aliphatic heterocycles. The van der Waals surface area contributed by atoms with Crippen LogP contribution in [0.1, 0.15) is 32.3 Å². The van der Waals surface area contributed by atoms with Crippen molar-refractivity contribution in [3.8, 4) is 11.5 Å². The summed E-state index contributed by atoms with van der Waals surface area (Å²) < 4.78 is 10.5. The summed E-state index contributed by atoms with van der Waals surface area (Å²) in [6, 6.07) is 6.11. The lowest BCUT2D eigenvalue weighted by molar-refractivity contribution is 0.354. The number of rotatable bonds is 9. The van der Waals surface area contributed by atoms with Crippen molar-refractivity contribution in [2.75, 3.05) is 27.3 Å². The molecule has 1 N–H and O–H groups in total. The first kappa shape index (κ1) is 15.8. The van der Waals surface area contributed by atoms with Crippen LogP contribution in [0.5, 0.6) is 11.5 Å². The van der Waals surface area contributed by atoms with Crippen molar-refractivity contribution in [3.63, 3.8) is 0 Å². The van der Waals surface area contributed by atoms with Crippen LogP contribution in [0.2, 0.25) is 0 Å². The molecule has 0 aliphatic carbocycles. The molecular formula is C16H27NO2. The highest BCUT2D eigenvalue weighted by Crippen LogP contribution is 2.27. The van der Waals surface area contributed by atoms with Gasteiger partial charge in [-0.15, -0.1) is 0 Å². The fourth-order valence-electron chi connectivity index (χ4n) is 2.03. The predicted octanol–water partition coefficient (Wildman–Crippen LogP) is 3.27. The molecule has 0 unspecified atom stereocenters. The van der Waals surface area contributed by atoms with Crippen molar-refractivity contribution in [2.24, 2.45) is 5.92 Å². The van der Waals surface area contributed by atoms with E-state index in [4.69, 9.17) is 9.47 Å². The molecular weight excluding hydrogens is 238 g/mol. The molecule has 1 aromatic rings. The third kappa shape index (κ3) is 5.97. The lowest BCUT2D eigenvalue weighted by atomic mass is 10.1. The fourth-order valence-corrected chi connectivity index (χ4v) is 2.03. The van der Waals surface area contributed by atoms with E-state index in [0.29, 0.717) is 0 Å². The molecule has 1 aromatic carbocycles. The lowest BCUT2D eigenvalue weighted by Crippen LogP contribution is -2.18. The zero-order chi connectivity index (χ0) is 14.1. The summed E-state index contributed by atoms with van der Waals surface area (Å²) >= 11 is 0. The molecule has 108 valence electrons. The molecule has 19 heavy (non-hydrogen) atoms. The van der Waals surface area contributed by atoms with Gasteiger partial charge in [-0.05, 0) is 56.0 Å². The largest absolute Gasteiger partial charge is 0.493 e. The van der Waals surface area contributed by atoms with Crippen molar-refractivity contribution < 1.29 is 9.47 Å². The van der Waals surface area contributed by atoms with Gasteiger partial charge in [0, 0.05) is 0 Å². The monoisotopic (exact) mass is 265 g/mol. The second-order valence-corrected chi connectivity index (χ2v) is 5.23. The van der Waals surface area contributed by atoms with Crippen molar-refractivity contribution in [1.82, 2.24) is 5.32 Å². The summed E-state index contributed by atoms with van der Waals surface area (Å²) in [5.74, 6) is 2.39. The van der Waals surface area contributed by atoms with E-state index in [1.807, 2.05) is 6.07 Å². The standard InChI is InChI=1S/C16H27NO2/c1-13(2)6-5-10-17-11-9-14-7-8-15(18-3)16(12-14)19-4/h7-8,12-13,17H,5-6,9-11H2,1-4H3. The van der Waals surface area contributed by atoms with Gasteiger partial charge in [0.1, 0.15) is 0 Å². The topological polar surface area (TPSA) is 30.5 Å². The zero-order valence-electron chi connectivity index (χ0n) is 12.7. The Kier molecular flexibility index (Phi) is 7.34. The molecule has 3 nitrogen and oxygen atoms in total. The van der Waals surface area contributed by atoms with Crippen LogP contribution in [0.4, 0.5) is 0 Å². The van der Waals surface area contributed by atoms with E-state index in [9.17, 15) is 0 Å². The van der Waals surface area contributed by atoms with Crippen molar-refractivity contribution >= 4 is 0 Å². The van der Waals surface area contributed by atoms with Crippen LogP contribution in [0.25, 0.3) is 0 Å². The highest BCUT2D eigenvalue weighted by Gasteiger charge is 2.04. The van der Waals surface area contributed by atoms with Crippen LogP contribution in [-0.4, -0.2) is 27.3 Å². The predicted molar refractivity (Wildman–Crippen MR) is 80.2 cm³/mol. The third-order valence-corrected chi connectivity index (χ3v) is 3.17. The van der Waals surface area contributed by atoms with Gasteiger partial charge in [-0.3, -0.25) is 0 Å². The summed E-state index contributed by atoms with van der Waals surface area (Å²) in [6.07, 6.45) is 3.56. The van der Waals surface area contributed by atoms with Crippen LogP contribution in [0, 0.1) is 5.92 Å². The van der Waals surface area contributed by atoms with Gasteiger partial charge >= 0.3 is 0 Å². The summed E-state index contributed by atoms with van der Waals surface area (Å²) in [4.78, 5) is 0. The van der Waals surface area contributed by atoms with Gasteiger partial charge in [-0.1, -0.05) is 19.9 Å². The smallest absolute Gasteiger partial charge is 0.160 e. The number of nitrogens with one attached hydrogen (secondary N) is 1. The van der Waals surface area contributed by atoms with E-state index in [1.54, 1.807) is 14.2 Å². The molecule has 0 saturated carbocycles. The van der Waals surface area contributed by atoms with Gasteiger partial charge in [0.2, 0.25) is 0 Å². The van der Waals surface area contributed by atoms with E-state index in [-0.39, 0.29) is 0 Å². The van der Waals surface area contributed by atoms with Crippen molar-refractivity contribution in [1.29, 1.82) is 0 Å². The molecule has 0 bridgehead atoms. The van der Waals surface area contributed by atoms with Crippen LogP contribution < -0.4 is 14.8 Å². The summed E-state index contributed by atoms with van der Waals surface area (Å²) in [5.41, 5.74) is 1.27. The highest BCUT2D eigenvalue weighted by atomic mass is 16.5. The van der Waals surface area contributed by atoms with E-state index in [1.165, 1.54) is 18.4 Å². The second-order valence-electron chi connectivity index (χ2n) is 5.23. The Morgan fingerprint density at radius 2 is 1.79 bits per heavy atom. The van der Waals surface area contributed by atoms with Gasteiger partial charge in [0.25, 0.3) is 0 Å². The van der Waals surface area contributed by atoms with Crippen LogP contribution in [0.15, 0.2) is 18.2 Å². The molecule has 0 heterocycles. The number of hydrogen-bond acceptors (Lipinski definition) is 3. The maximum absolute atomic E-state index is 5.30. The minimum absolute atomic E-state index is 0.788. The second kappa shape index (κ2) is 8.81. The number of methoxy groups -OCH3 is 2. The van der Waals surface area contributed by atoms with Gasteiger partial charge in [-0.25, -0.2) is 0 Å². The normalized spacial score (nSPS) is 10.8. The minimum atomic E-state index is 0.788. The molecule has 0 aliphatic rings. The maximum Gasteiger partial charge on any atom is 0.160 e. The summed E-state index contributed by atoms with van der Waals surface area (Å²) in [7, 11) is 3.33. The van der Waals surface area contributed by atoms with Crippen molar-refractivity contribution in [2.45, 2.75) is 33.1 Å². The van der Waals surface area contributed by atoms with E-state index >= 15 is 0 Å². The van der Waals surface area contributed by atoms with Gasteiger partial charge in [0.15, 0.2) is 11.5 Å². The number of hydrogen-bond donors (Lipinski definition) is 1. The number of benzene rings is 1. The first-order valence-corrected chi connectivity index (χ1v) is 7.09. The molecule has 0 fully saturated rings. The molecule has 3 heteroatoms. The average molecular weight is 265 g/mol. The third-order valence-electron chi connectivity index (χ3n) is 3.17. The van der Waals surface area contributed by atoms with Gasteiger partial charge in [0.05, 0.1) is 14.2 Å². The highest BCUT2D eigenvalue weighted by molar-refractivity contribution is 5.42. The van der Waals surface area contributed by atoms with Gasteiger partial charge < -0.3 is 14.8 Å². The Balaban J connectivity index is 2.29. The molecule has 0 aromatic heterocycles. The van der Waals surface area contributed by atoms with E-state index < -0.39 is 0 Å². The van der Waals surface area contributed by atoms with Crippen molar-refractivity contribution in [3.05, 3.63) is 23.8 Å². The Morgan fingerprint density at radius 3 is 2.42 bits per heavy atom. The Bertz CT molecular complexity index is 364. The van der Waals surface area contributed by atoms with Crippen LogP contribution in [-0.2, 0) is 6.42 Å². The molecule has 0 saturated heterocycles. The lowest BCUT2D eigenvalue weighted by Gasteiger charge is -2.10. The SMILES string of the molecule is COc1ccc(CCNCCCC(C)C)cc1OC. The van der Waals surface area contributed by atoms with E-state index in [0.717, 1.165) is 36.9 Å². The molecule has 0 radical (unpaired) electrons. The quantitative estimate of drug-likeness (QED) is 0.695. The molecule has 0 amide bonds. The molecule has 1 rings (SSSR count). The zero-order valence-corrected chi connectivity index (χ0v) is 12.7. The molecule has 0 atom stereocenters. The Hall–Kier alpha value is -1.22. The summed E-state index contributed by atoms with van der Waals surface area (Å²) in [5, 5.41) is 3.48. The number of ether oxygens (including phenoxy) is 2. The van der Waals surface area contributed by atoms with E-state index in [2.05, 4.69) is 31.3 Å². The maximum atomic E-state index is 5.30. The Labute approximate surface area is 117 Å². The Morgan fingerprint density at radius 1 is 1.05 bits per heavy atom. The first-order valence-electron chi connectivity index (χ1n) is 7.09. The first-order chi connectivity index (χ1) is 9.17. The fraction of sp³-hybridized carbons (Fsp3) is 0.625. The average Bonchev–Trinajstić information content (AvgIpc) is 2.42. The molecule has 0 spiro atoms.